The first-order chi connectivity index (χ1) is 10.9. The predicted molar refractivity (Wildman–Crippen MR) is 83.6 cm³/mol. The molecule has 0 radical (unpaired) electrons. The smallest absolute Gasteiger partial charge is 0.810 e. The van der Waals surface area contributed by atoms with Crippen LogP contribution in [0, 0.1) is 0 Å². The molecule has 2 rings (SSSR count). The molecule has 2 aromatic carbocycles. The second kappa shape index (κ2) is 11.7. The van der Waals surface area contributed by atoms with Crippen LogP contribution in [0.5, 0.6) is 0 Å². The Kier molecular flexibility index (Phi) is 11.7. The van der Waals surface area contributed by atoms with Gasteiger partial charge in [-0.15, -0.1) is 0 Å². The fourth-order valence-corrected chi connectivity index (χ4v) is 3.06. The SMILES string of the molecule is CCOC(=O)C(Cc1cccc(-c2ccccc2)c1)P(=O)([O-])[O-].[Na+].[Na+]. The van der Waals surface area contributed by atoms with E-state index in [4.69, 9.17) is 4.74 Å². The number of carbonyl (C=O) groups is 1. The van der Waals surface area contributed by atoms with Gasteiger partial charge in [-0.1, -0.05) is 62.2 Å². The molecule has 0 fully saturated rings. The van der Waals surface area contributed by atoms with Crippen molar-refractivity contribution in [3.8, 4) is 11.1 Å². The largest absolute Gasteiger partial charge is 1.00 e. The molecule has 8 heteroatoms. The topological polar surface area (TPSA) is 89.5 Å². The van der Waals surface area contributed by atoms with E-state index in [-0.39, 0.29) is 72.1 Å². The van der Waals surface area contributed by atoms with Crippen molar-refractivity contribution in [2.75, 3.05) is 6.61 Å². The molecule has 122 valence electrons. The molecule has 0 heterocycles. The average Bonchev–Trinajstić information content (AvgIpc) is 2.53. The molecule has 0 saturated heterocycles. The Morgan fingerprint density at radius 2 is 1.64 bits per heavy atom. The summed E-state index contributed by atoms with van der Waals surface area (Å²) in [5.41, 5.74) is 0.747. The molecule has 0 aliphatic rings. The van der Waals surface area contributed by atoms with Crippen LogP contribution in [0.4, 0.5) is 0 Å². The minimum Gasteiger partial charge on any atom is -0.810 e. The van der Waals surface area contributed by atoms with Gasteiger partial charge in [0.2, 0.25) is 0 Å². The van der Waals surface area contributed by atoms with Crippen molar-refractivity contribution >= 4 is 13.6 Å². The van der Waals surface area contributed by atoms with Gasteiger partial charge in [-0.25, -0.2) is 0 Å². The molecule has 0 bridgehead atoms. The zero-order chi connectivity index (χ0) is 16.9. The van der Waals surface area contributed by atoms with Crippen molar-refractivity contribution in [2.45, 2.75) is 19.0 Å². The summed E-state index contributed by atoms with van der Waals surface area (Å²) in [6.07, 6.45) is -0.191. The van der Waals surface area contributed by atoms with Gasteiger partial charge in [0, 0.05) is 0 Å². The van der Waals surface area contributed by atoms with Crippen LogP contribution in [0.25, 0.3) is 11.1 Å². The monoisotopic (exact) mass is 378 g/mol. The minimum absolute atomic E-state index is 0. The third-order valence-corrected chi connectivity index (χ3v) is 4.56. The van der Waals surface area contributed by atoms with Crippen LogP contribution < -0.4 is 68.9 Å². The number of rotatable bonds is 6. The van der Waals surface area contributed by atoms with Crippen LogP contribution in [0.2, 0.25) is 0 Å². The summed E-state index contributed by atoms with van der Waals surface area (Å²) in [6.45, 7) is 1.59. The Balaban J connectivity index is 0.00000288. The summed E-state index contributed by atoms with van der Waals surface area (Å²) < 4.78 is 16.1. The van der Waals surface area contributed by atoms with E-state index < -0.39 is 19.2 Å². The first-order valence-corrected chi connectivity index (χ1v) is 8.85. The Morgan fingerprint density at radius 3 is 2.20 bits per heavy atom. The molecule has 0 spiro atoms. The second-order valence-electron chi connectivity index (χ2n) is 5.08. The molecule has 1 atom stereocenters. The fraction of sp³-hybridized carbons (Fsp3) is 0.235. The Hall–Kier alpha value is 0.0600. The van der Waals surface area contributed by atoms with Gasteiger partial charge in [0.1, 0.15) is 0 Å². The van der Waals surface area contributed by atoms with Crippen molar-refractivity contribution in [3.63, 3.8) is 0 Å². The maximum Gasteiger partial charge on any atom is 1.00 e. The van der Waals surface area contributed by atoms with Crippen molar-refractivity contribution in [1.82, 2.24) is 0 Å². The summed E-state index contributed by atoms with van der Waals surface area (Å²) >= 11 is 0. The molecule has 0 N–H and O–H groups in total. The number of hydrogen-bond acceptors (Lipinski definition) is 5. The van der Waals surface area contributed by atoms with Crippen molar-refractivity contribution < 1.29 is 83.0 Å². The minimum atomic E-state index is -5.09. The van der Waals surface area contributed by atoms with Gasteiger partial charge in [-0.2, -0.15) is 0 Å². The van der Waals surface area contributed by atoms with Crippen LogP contribution in [-0.2, 0) is 20.5 Å². The quantitative estimate of drug-likeness (QED) is 0.289. The Labute approximate surface area is 191 Å². The molecule has 0 aliphatic heterocycles. The first kappa shape index (κ1) is 25.1. The summed E-state index contributed by atoms with van der Waals surface area (Å²) in [5, 5.41) is 0. The zero-order valence-electron chi connectivity index (χ0n) is 14.7. The third-order valence-electron chi connectivity index (χ3n) is 3.40. The van der Waals surface area contributed by atoms with E-state index in [1.165, 1.54) is 0 Å². The van der Waals surface area contributed by atoms with E-state index >= 15 is 0 Å². The van der Waals surface area contributed by atoms with E-state index in [1.54, 1.807) is 25.1 Å². The molecular weight excluding hydrogens is 361 g/mol. The number of benzene rings is 2. The molecule has 0 aromatic heterocycles. The standard InChI is InChI=1S/C17H19O5P.2Na/c1-2-22-17(18)16(23(19,20)21)12-13-7-6-10-15(11-13)14-8-4-3-5-9-14;;/h3-11,16H,2,12H2,1H3,(H2,19,20,21);;/q;2*+1/p-2. The molecular formula is C17H17Na2O5P. The fourth-order valence-electron chi connectivity index (χ4n) is 2.29. The van der Waals surface area contributed by atoms with Crippen LogP contribution in [0.1, 0.15) is 12.5 Å². The Morgan fingerprint density at radius 1 is 1.04 bits per heavy atom. The van der Waals surface area contributed by atoms with Crippen LogP contribution >= 0.6 is 7.60 Å². The van der Waals surface area contributed by atoms with Gasteiger partial charge >= 0.3 is 65.1 Å². The van der Waals surface area contributed by atoms with Crippen molar-refractivity contribution in [1.29, 1.82) is 0 Å². The number of carbonyl (C=O) groups excluding carboxylic acids is 1. The van der Waals surface area contributed by atoms with E-state index in [1.807, 2.05) is 36.4 Å². The molecule has 2 aromatic rings. The van der Waals surface area contributed by atoms with E-state index in [9.17, 15) is 19.1 Å². The van der Waals surface area contributed by atoms with E-state index in [0.29, 0.717) is 5.56 Å². The van der Waals surface area contributed by atoms with Gasteiger partial charge < -0.3 is 19.1 Å². The zero-order valence-corrected chi connectivity index (χ0v) is 19.6. The van der Waals surface area contributed by atoms with Gasteiger partial charge in [0.05, 0.1) is 12.3 Å². The molecule has 5 nitrogen and oxygen atoms in total. The number of ether oxygens (including phenoxy) is 1. The van der Waals surface area contributed by atoms with E-state index in [2.05, 4.69) is 0 Å². The second-order valence-corrected chi connectivity index (χ2v) is 6.78. The van der Waals surface area contributed by atoms with Crippen molar-refractivity contribution in [3.05, 3.63) is 60.2 Å². The average molecular weight is 378 g/mol. The molecule has 1 unspecified atom stereocenters. The summed E-state index contributed by atoms with van der Waals surface area (Å²) in [6, 6.07) is 16.6. The molecule has 0 amide bonds. The van der Waals surface area contributed by atoms with Gasteiger partial charge in [-0.3, -0.25) is 4.79 Å². The molecule has 0 aliphatic carbocycles. The maximum absolute atomic E-state index is 11.8. The van der Waals surface area contributed by atoms with Crippen molar-refractivity contribution in [2.24, 2.45) is 0 Å². The number of hydrogen-bond donors (Lipinski definition) is 0. The maximum atomic E-state index is 11.8. The van der Waals surface area contributed by atoms with Crippen LogP contribution in [-0.4, -0.2) is 18.2 Å². The summed E-state index contributed by atoms with van der Waals surface area (Å²) in [7, 11) is -5.09. The predicted octanol–water partition coefficient (Wildman–Crippen LogP) is -4.25. The van der Waals surface area contributed by atoms with Crippen LogP contribution in [0.15, 0.2) is 54.6 Å². The van der Waals surface area contributed by atoms with E-state index in [0.717, 1.165) is 11.1 Å². The molecule has 0 saturated carbocycles. The number of esters is 1. The van der Waals surface area contributed by atoms with Gasteiger partial charge in [0.15, 0.2) is 0 Å². The first-order valence-electron chi connectivity index (χ1n) is 7.24. The summed E-state index contributed by atoms with van der Waals surface area (Å²) in [4.78, 5) is 34.5. The van der Waals surface area contributed by atoms with Gasteiger partial charge in [0.25, 0.3) is 0 Å². The Bertz CT molecular complexity index is 718. The molecule has 25 heavy (non-hydrogen) atoms. The third kappa shape index (κ3) is 7.67. The van der Waals surface area contributed by atoms with Gasteiger partial charge in [-0.05, 0) is 30.0 Å². The van der Waals surface area contributed by atoms with Crippen LogP contribution in [0.3, 0.4) is 0 Å². The normalized spacial score (nSPS) is 11.6. The summed E-state index contributed by atoms with van der Waals surface area (Å²) in [5.74, 6) is -0.994.